The molecule has 4 N–H and O–H groups in total. The van der Waals surface area contributed by atoms with Gasteiger partial charge in [-0.05, 0) is 25.8 Å². The van der Waals surface area contributed by atoms with Crippen molar-refractivity contribution in [2.75, 3.05) is 6.54 Å². The summed E-state index contributed by atoms with van der Waals surface area (Å²) >= 11 is 0. The molecule has 0 heterocycles. The SMILES string of the molecule is CCCCCCCCCCCCCCC=CC(N)CCN. The van der Waals surface area contributed by atoms with Gasteiger partial charge in [-0.2, -0.15) is 0 Å². The third-order valence-corrected chi connectivity index (χ3v) is 4.11. The number of nitrogens with two attached hydrogens (primary N) is 2. The summed E-state index contributed by atoms with van der Waals surface area (Å²) in [5.41, 5.74) is 11.3. The Morgan fingerprint density at radius 2 is 1.24 bits per heavy atom. The quantitative estimate of drug-likeness (QED) is 0.299. The summed E-state index contributed by atoms with van der Waals surface area (Å²) < 4.78 is 0. The Balaban J connectivity index is 3.09. The van der Waals surface area contributed by atoms with E-state index in [0.29, 0.717) is 6.54 Å². The first-order valence-electron chi connectivity index (χ1n) is 9.43. The first-order valence-corrected chi connectivity index (χ1v) is 9.43. The third-order valence-electron chi connectivity index (χ3n) is 4.11. The van der Waals surface area contributed by atoms with Crippen LogP contribution in [0.25, 0.3) is 0 Å². The fourth-order valence-corrected chi connectivity index (χ4v) is 2.66. The van der Waals surface area contributed by atoms with Crippen molar-refractivity contribution < 1.29 is 0 Å². The zero-order valence-corrected chi connectivity index (χ0v) is 14.5. The molecule has 1 unspecified atom stereocenters. The highest BCUT2D eigenvalue weighted by atomic mass is 14.6. The van der Waals surface area contributed by atoms with Gasteiger partial charge in [-0.25, -0.2) is 0 Å². The van der Waals surface area contributed by atoms with Crippen LogP contribution in [0.3, 0.4) is 0 Å². The van der Waals surface area contributed by atoms with E-state index in [4.69, 9.17) is 11.5 Å². The zero-order chi connectivity index (χ0) is 15.6. The molecule has 0 spiro atoms. The largest absolute Gasteiger partial charge is 0.330 e. The molecule has 1 atom stereocenters. The van der Waals surface area contributed by atoms with Crippen molar-refractivity contribution in [2.45, 2.75) is 103 Å². The van der Waals surface area contributed by atoms with Gasteiger partial charge < -0.3 is 11.5 Å². The second-order valence-corrected chi connectivity index (χ2v) is 6.35. The van der Waals surface area contributed by atoms with Gasteiger partial charge in [0.1, 0.15) is 0 Å². The maximum atomic E-state index is 5.86. The summed E-state index contributed by atoms with van der Waals surface area (Å²) in [6, 6.07) is 0.160. The average Bonchev–Trinajstić information content (AvgIpc) is 2.48. The van der Waals surface area contributed by atoms with Crippen molar-refractivity contribution in [3.63, 3.8) is 0 Å². The van der Waals surface area contributed by atoms with Gasteiger partial charge in [0.15, 0.2) is 0 Å². The van der Waals surface area contributed by atoms with Crippen LogP contribution in [-0.2, 0) is 0 Å². The van der Waals surface area contributed by atoms with Gasteiger partial charge in [-0.3, -0.25) is 0 Å². The Bertz CT molecular complexity index is 214. The minimum atomic E-state index is 0.160. The monoisotopic (exact) mass is 296 g/mol. The van der Waals surface area contributed by atoms with E-state index >= 15 is 0 Å². The molecule has 2 heteroatoms. The van der Waals surface area contributed by atoms with Crippen molar-refractivity contribution in [1.82, 2.24) is 0 Å². The van der Waals surface area contributed by atoms with Gasteiger partial charge >= 0.3 is 0 Å². The van der Waals surface area contributed by atoms with Gasteiger partial charge in [-0.15, -0.1) is 0 Å². The molecule has 0 radical (unpaired) electrons. The summed E-state index contributed by atoms with van der Waals surface area (Å²) in [6.45, 7) is 2.97. The zero-order valence-electron chi connectivity index (χ0n) is 14.5. The molecule has 2 nitrogen and oxygen atoms in total. The number of rotatable bonds is 16. The van der Waals surface area contributed by atoms with Crippen LogP contribution in [0.15, 0.2) is 12.2 Å². The van der Waals surface area contributed by atoms with Crippen molar-refractivity contribution in [3.05, 3.63) is 12.2 Å². The molecule has 0 saturated heterocycles. The molecule has 0 aliphatic rings. The fourth-order valence-electron chi connectivity index (χ4n) is 2.66. The van der Waals surface area contributed by atoms with E-state index in [1.807, 2.05) is 0 Å². The lowest BCUT2D eigenvalue weighted by Gasteiger charge is -2.03. The van der Waals surface area contributed by atoms with Crippen LogP contribution < -0.4 is 11.5 Å². The highest BCUT2D eigenvalue weighted by Gasteiger charge is 1.94. The van der Waals surface area contributed by atoms with Crippen LogP contribution in [0.2, 0.25) is 0 Å². The van der Waals surface area contributed by atoms with Crippen LogP contribution in [0, 0.1) is 0 Å². The first kappa shape index (κ1) is 20.7. The lowest BCUT2D eigenvalue weighted by molar-refractivity contribution is 0.544. The van der Waals surface area contributed by atoms with Gasteiger partial charge in [-0.1, -0.05) is 89.7 Å². The van der Waals surface area contributed by atoms with Crippen LogP contribution in [0.1, 0.15) is 96.8 Å². The Morgan fingerprint density at radius 3 is 1.71 bits per heavy atom. The summed E-state index contributed by atoms with van der Waals surface area (Å²) in [7, 11) is 0. The maximum Gasteiger partial charge on any atom is 0.0235 e. The molecular formula is C19H40N2. The molecular weight excluding hydrogens is 256 g/mol. The number of hydrogen-bond donors (Lipinski definition) is 2. The highest BCUT2D eigenvalue weighted by molar-refractivity contribution is 4.91. The fraction of sp³-hybridized carbons (Fsp3) is 0.895. The Morgan fingerprint density at radius 1 is 0.762 bits per heavy atom. The Kier molecular flexibility index (Phi) is 17.4. The molecule has 0 aromatic heterocycles. The van der Waals surface area contributed by atoms with E-state index in [0.717, 1.165) is 6.42 Å². The van der Waals surface area contributed by atoms with E-state index in [1.165, 1.54) is 83.5 Å². The normalized spacial score (nSPS) is 13.1. The smallest absolute Gasteiger partial charge is 0.0235 e. The molecule has 0 aromatic rings. The van der Waals surface area contributed by atoms with Crippen LogP contribution in [-0.4, -0.2) is 12.6 Å². The maximum absolute atomic E-state index is 5.86. The summed E-state index contributed by atoms with van der Waals surface area (Å²) in [6.07, 6.45) is 23.4. The van der Waals surface area contributed by atoms with Gasteiger partial charge in [0.05, 0.1) is 0 Å². The average molecular weight is 297 g/mol. The minimum absolute atomic E-state index is 0.160. The standard InChI is InChI=1S/C19H40N2/c1-2-3-4-5-6-7-8-9-10-11-12-13-14-15-16-19(21)17-18-20/h15-16,19H,2-14,17-18,20-21H2,1H3. The Labute approximate surface area is 133 Å². The molecule has 126 valence electrons. The summed E-state index contributed by atoms with van der Waals surface area (Å²) in [5.74, 6) is 0. The summed E-state index contributed by atoms with van der Waals surface area (Å²) in [5, 5.41) is 0. The van der Waals surface area contributed by atoms with Crippen molar-refractivity contribution in [1.29, 1.82) is 0 Å². The molecule has 0 rings (SSSR count). The van der Waals surface area contributed by atoms with Crippen molar-refractivity contribution >= 4 is 0 Å². The molecule has 0 aliphatic heterocycles. The second kappa shape index (κ2) is 17.7. The van der Waals surface area contributed by atoms with E-state index < -0.39 is 0 Å². The second-order valence-electron chi connectivity index (χ2n) is 6.35. The lowest BCUT2D eigenvalue weighted by Crippen LogP contribution is -2.20. The lowest BCUT2D eigenvalue weighted by atomic mass is 10.0. The van der Waals surface area contributed by atoms with E-state index in [2.05, 4.69) is 19.1 Å². The molecule has 0 saturated carbocycles. The molecule has 0 amide bonds. The topological polar surface area (TPSA) is 52.0 Å². The minimum Gasteiger partial charge on any atom is -0.330 e. The molecule has 0 fully saturated rings. The number of allylic oxidation sites excluding steroid dienone is 1. The predicted octanol–water partition coefficient (Wildman–Crippen LogP) is 5.31. The van der Waals surface area contributed by atoms with Gasteiger partial charge in [0.2, 0.25) is 0 Å². The van der Waals surface area contributed by atoms with E-state index in [9.17, 15) is 0 Å². The van der Waals surface area contributed by atoms with Crippen LogP contribution in [0.4, 0.5) is 0 Å². The van der Waals surface area contributed by atoms with E-state index in [1.54, 1.807) is 0 Å². The predicted molar refractivity (Wildman–Crippen MR) is 96.5 cm³/mol. The van der Waals surface area contributed by atoms with Gasteiger partial charge in [0, 0.05) is 6.04 Å². The van der Waals surface area contributed by atoms with Gasteiger partial charge in [0.25, 0.3) is 0 Å². The Hall–Kier alpha value is -0.340. The molecule has 0 aliphatic carbocycles. The molecule has 0 aromatic carbocycles. The summed E-state index contributed by atoms with van der Waals surface area (Å²) in [4.78, 5) is 0. The molecule has 0 bridgehead atoms. The molecule has 21 heavy (non-hydrogen) atoms. The number of unbranched alkanes of at least 4 members (excludes halogenated alkanes) is 12. The van der Waals surface area contributed by atoms with E-state index in [-0.39, 0.29) is 6.04 Å². The number of hydrogen-bond acceptors (Lipinski definition) is 2. The third kappa shape index (κ3) is 17.6. The van der Waals surface area contributed by atoms with Crippen LogP contribution in [0.5, 0.6) is 0 Å². The highest BCUT2D eigenvalue weighted by Crippen LogP contribution is 2.12. The van der Waals surface area contributed by atoms with Crippen LogP contribution >= 0.6 is 0 Å². The first-order chi connectivity index (χ1) is 10.3. The van der Waals surface area contributed by atoms with Crippen molar-refractivity contribution in [2.24, 2.45) is 11.5 Å². The van der Waals surface area contributed by atoms with Crippen molar-refractivity contribution in [3.8, 4) is 0 Å².